The highest BCUT2D eigenvalue weighted by Gasteiger charge is 2.17. The summed E-state index contributed by atoms with van der Waals surface area (Å²) in [6, 6.07) is 1.23. The third kappa shape index (κ3) is 5.28. The van der Waals surface area contributed by atoms with Crippen LogP contribution in [0.5, 0.6) is 0 Å². The van der Waals surface area contributed by atoms with Crippen LogP contribution in [0.25, 0.3) is 0 Å². The van der Waals surface area contributed by atoms with Crippen molar-refractivity contribution in [2.45, 2.75) is 52.1 Å². The van der Waals surface area contributed by atoms with Gasteiger partial charge in [0.25, 0.3) is 0 Å². The number of nitrogens with one attached hydrogen (secondary N) is 1. The van der Waals surface area contributed by atoms with Gasteiger partial charge in [0.1, 0.15) is 0 Å². The Morgan fingerprint density at radius 1 is 1.38 bits per heavy atom. The van der Waals surface area contributed by atoms with Gasteiger partial charge in [0.05, 0.1) is 6.61 Å². The van der Waals surface area contributed by atoms with E-state index in [9.17, 15) is 0 Å². The fourth-order valence-electron chi connectivity index (χ4n) is 2.31. The van der Waals surface area contributed by atoms with E-state index >= 15 is 0 Å². The molecule has 1 N–H and O–H groups in total. The number of nitrogens with zero attached hydrogens (tertiary/aromatic N) is 1. The molecule has 3 heteroatoms. The third-order valence-electron chi connectivity index (χ3n) is 3.46. The third-order valence-corrected chi connectivity index (χ3v) is 3.46. The second-order valence-electron chi connectivity index (χ2n) is 4.80. The summed E-state index contributed by atoms with van der Waals surface area (Å²) in [5.74, 6) is 0. The smallest absolute Gasteiger partial charge is 0.0620 e. The molecule has 1 aliphatic rings. The molecule has 1 fully saturated rings. The van der Waals surface area contributed by atoms with E-state index in [4.69, 9.17) is 4.74 Å². The Morgan fingerprint density at radius 2 is 2.12 bits per heavy atom. The van der Waals surface area contributed by atoms with E-state index in [2.05, 4.69) is 31.0 Å². The van der Waals surface area contributed by atoms with Crippen molar-refractivity contribution in [2.24, 2.45) is 0 Å². The molecule has 96 valence electrons. The van der Waals surface area contributed by atoms with Crippen LogP contribution in [-0.4, -0.2) is 49.8 Å². The van der Waals surface area contributed by atoms with Crippen LogP contribution < -0.4 is 5.32 Å². The van der Waals surface area contributed by atoms with Gasteiger partial charge in [0.15, 0.2) is 0 Å². The predicted molar refractivity (Wildman–Crippen MR) is 68.8 cm³/mol. The van der Waals surface area contributed by atoms with Gasteiger partial charge in [0.2, 0.25) is 0 Å². The first-order valence-electron chi connectivity index (χ1n) is 6.82. The molecule has 0 radical (unpaired) electrons. The molecule has 0 aromatic heterocycles. The summed E-state index contributed by atoms with van der Waals surface area (Å²) < 4.78 is 5.36. The normalized spacial score (nSPS) is 22.9. The fourth-order valence-corrected chi connectivity index (χ4v) is 2.31. The molecule has 0 aromatic rings. The van der Waals surface area contributed by atoms with Crippen molar-refractivity contribution >= 4 is 0 Å². The summed E-state index contributed by atoms with van der Waals surface area (Å²) in [5.41, 5.74) is 0. The number of ether oxygens (including phenoxy) is 1. The lowest BCUT2D eigenvalue weighted by Gasteiger charge is -2.21. The van der Waals surface area contributed by atoms with Gasteiger partial charge in [-0.2, -0.15) is 0 Å². The molecule has 0 saturated carbocycles. The first-order chi connectivity index (χ1) is 7.76. The lowest BCUT2D eigenvalue weighted by molar-refractivity contribution is 0.187. The van der Waals surface area contributed by atoms with Crippen LogP contribution in [0, 0.1) is 0 Å². The molecule has 16 heavy (non-hydrogen) atoms. The maximum absolute atomic E-state index is 5.36. The van der Waals surface area contributed by atoms with E-state index in [0.717, 1.165) is 13.2 Å². The molecule has 1 rings (SSSR count). The monoisotopic (exact) mass is 228 g/mol. The summed E-state index contributed by atoms with van der Waals surface area (Å²) >= 11 is 0. The van der Waals surface area contributed by atoms with Crippen molar-refractivity contribution in [3.8, 4) is 0 Å². The van der Waals surface area contributed by atoms with Crippen LogP contribution in [-0.2, 0) is 4.74 Å². The zero-order chi connectivity index (χ0) is 11.8. The fraction of sp³-hybridized carbons (Fsp3) is 1.00. The van der Waals surface area contributed by atoms with Gasteiger partial charge in [-0.05, 0) is 45.8 Å². The Labute approximate surface area is 101 Å². The van der Waals surface area contributed by atoms with E-state index in [1.807, 2.05) is 0 Å². The molecule has 1 saturated heterocycles. The number of hydrogen-bond acceptors (Lipinski definition) is 3. The van der Waals surface area contributed by atoms with E-state index in [0.29, 0.717) is 12.1 Å². The van der Waals surface area contributed by atoms with Gasteiger partial charge >= 0.3 is 0 Å². The minimum absolute atomic E-state index is 0.600. The molecular formula is C13H28N2O. The van der Waals surface area contributed by atoms with Gasteiger partial charge < -0.3 is 15.0 Å². The van der Waals surface area contributed by atoms with E-state index in [1.165, 1.54) is 38.9 Å². The lowest BCUT2D eigenvalue weighted by atomic mass is 10.1. The lowest BCUT2D eigenvalue weighted by Crippen LogP contribution is -2.37. The quantitative estimate of drug-likeness (QED) is 0.686. The second kappa shape index (κ2) is 8.04. The van der Waals surface area contributed by atoms with Crippen LogP contribution in [0.1, 0.15) is 40.0 Å². The SMILES string of the molecule is CCN(CC)CCCC(C)NC1CCOC1. The Kier molecular flexibility index (Phi) is 7.01. The first kappa shape index (κ1) is 13.9. The van der Waals surface area contributed by atoms with Crippen LogP contribution in [0.3, 0.4) is 0 Å². The average Bonchev–Trinajstić information content (AvgIpc) is 2.77. The van der Waals surface area contributed by atoms with Gasteiger partial charge in [0, 0.05) is 18.7 Å². The minimum Gasteiger partial charge on any atom is -0.380 e. The molecular weight excluding hydrogens is 200 g/mol. The van der Waals surface area contributed by atoms with E-state index < -0.39 is 0 Å². The molecule has 0 spiro atoms. The second-order valence-corrected chi connectivity index (χ2v) is 4.80. The maximum atomic E-state index is 5.36. The molecule has 0 bridgehead atoms. The zero-order valence-electron chi connectivity index (χ0n) is 11.2. The van der Waals surface area contributed by atoms with Crippen molar-refractivity contribution in [1.82, 2.24) is 10.2 Å². The summed E-state index contributed by atoms with van der Waals surface area (Å²) in [6.07, 6.45) is 3.75. The molecule has 1 heterocycles. The van der Waals surface area contributed by atoms with E-state index in [1.54, 1.807) is 0 Å². The van der Waals surface area contributed by atoms with E-state index in [-0.39, 0.29) is 0 Å². The number of hydrogen-bond donors (Lipinski definition) is 1. The standard InChI is InChI=1S/C13H28N2O/c1-4-15(5-2)9-6-7-12(3)14-13-8-10-16-11-13/h12-14H,4-11H2,1-3H3. The van der Waals surface area contributed by atoms with Crippen molar-refractivity contribution in [1.29, 1.82) is 0 Å². The van der Waals surface area contributed by atoms with Crippen LogP contribution in [0.2, 0.25) is 0 Å². The minimum atomic E-state index is 0.600. The zero-order valence-corrected chi connectivity index (χ0v) is 11.2. The molecule has 0 amide bonds. The molecule has 2 unspecified atom stereocenters. The van der Waals surface area contributed by atoms with Gasteiger partial charge in [-0.3, -0.25) is 0 Å². The van der Waals surface area contributed by atoms with Crippen LogP contribution in [0.4, 0.5) is 0 Å². The molecule has 0 aromatic carbocycles. The van der Waals surface area contributed by atoms with Crippen molar-refractivity contribution in [3.63, 3.8) is 0 Å². The Bertz CT molecular complexity index is 165. The van der Waals surface area contributed by atoms with Crippen molar-refractivity contribution in [3.05, 3.63) is 0 Å². The van der Waals surface area contributed by atoms with Gasteiger partial charge in [-0.25, -0.2) is 0 Å². The Morgan fingerprint density at radius 3 is 2.69 bits per heavy atom. The first-order valence-corrected chi connectivity index (χ1v) is 6.82. The van der Waals surface area contributed by atoms with Gasteiger partial charge in [-0.1, -0.05) is 13.8 Å². The van der Waals surface area contributed by atoms with Gasteiger partial charge in [-0.15, -0.1) is 0 Å². The summed E-state index contributed by atoms with van der Waals surface area (Å²) in [6.45, 7) is 12.2. The predicted octanol–water partition coefficient (Wildman–Crippen LogP) is 1.88. The van der Waals surface area contributed by atoms with Crippen molar-refractivity contribution < 1.29 is 4.74 Å². The highest BCUT2D eigenvalue weighted by atomic mass is 16.5. The summed E-state index contributed by atoms with van der Waals surface area (Å²) in [4.78, 5) is 2.49. The molecule has 0 aliphatic carbocycles. The van der Waals surface area contributed by atoms with Crippen LogP contribution >= 0.6 is 0 Å². The molecule has 1 aliphatic heterocycles. The maximum Gasteiger partial charge on any atom is 0.0620 e. The molecule has 2 atom stereocenters. The average molecular weight is 228 g/mol. The largest absolute Gasteiger partial charge is 0.380 e. The molecule has 3 nitrogen and oxygen atoms in total. The summed E-state index contributed by atoms with van der Waals surface area (Å²) in [7, 11) is 0. The number of rotatable bonds is 8. The van der Waals surface area contributed by atoms with Crippen molar-refractivity contribution in [2.75, 3.05) is 32.8 Å². The Hall–Kier alpha value is -0.120. The highest BCUT2D eigenvalue weighted by molar-refractivity contribution is 4.75. The summed E-state index contributed by atoms with van der Waals surface area (Å²) in [5, 5.41) is 3.65. The topological polar surface area (TPSA) is 24.5 Å². The Balaban J connectivity index is 2.02. The van der Waals surface area contributed by atoms with Crippen LogP contribution in [0.15, 0.2) is 0 Å². The highest BCUT2D eigenvalue weighted by Crippen LogP contribution is 2.07.